The third-order valence-corrected chi connectivity index (χ3v) is 7.88. The van der Waals surface area contributed by atoms with E-state index in [4.69, 9.17) is 9.47 Å². The summed E-state index contributed by atoms with van der Waals surface area (Å²) in [5.74, 6) is 0.424. The number of benzene rings is 2. The summed E-state index contributed by atoms with van der Waals surface area (Å²) in [5.41, 5.74) is 2.40. The summed E-state index contributed by atoms with van der Waals surface area (Å²) in [7, 11) is 3.09. The molecule has 4 rings (SSSR count). The third kappa shape index (κ3) is 5.38. The first-order valence-corrected chi connectivity index (χ1v) is 12.7. The highest BCUT2D eigenvalue weighted by Gasteiger charge is 2.34. The number of carbonyl (C=O) groups excluding carboxylic acids is 2. The second kappa shape index (κ2) is 10.3. The SMILES string of the molecule is COc1ccc(NC(=O)c2c(NC(=O)c3ccc(F)cc3)sc3c2CCC(C(C)(C)C)C3)c(OC)c1. The Hall–Kier alpha value is -3.39. The van der Waals surface area contributed by atoms with Crippen LogP contribution < -0.4 is 20.1 Å². The van der Waals surface area contributed by atoms with E-state index in [1.54, 1.807) is 25.3 Å². The average Bonchev–Trinajstić information content (AvgIpc) is 3.21. The largest absolute Gasteiger partial charge is 0.497 e. The van der Waals surface area contributed by atoms with Crippen LogP contribution in [0.2, 0.25) is 0 Å². The first kappa shape index (κ1) is 25.7. The zero-order valence-electron chi connectivity index (χ0n) is 21.2. The molecule has 1 atom stereocenters. The van der Waals surface area contributed by atoms with Crippen LogP contribution in [0.5, 0.6) is 11.5 Å². The summed E-state index contributed by atoms with van der Waals surface area (Å²) in [6.45, 7) is 6.70. The molecule has 0 fully saturated rings. The Morgan fingerprint density at radius 2 is 1.72 bits per heavy atom. The molecule has 0 bridgehead atoms. The van der Waals surface area contributed by atoms with Crippen molar-refractivity contribution in [3.05, 3.63) is 69.8 Å². The van der Waals surface area contributed by atoms with Crippen LogP contribution in [0.1, 0.15) is 58.3 Å². The van der Waals surface area contributed by atoms with Crippen molar-refractivity contribution in [2.45, 2.75) is 40.0 Å². The molecule has 36 heavy (non-hydrogen) atoms. The van der Waals surface area contributed by atoms with Gasteiger partial charge in [-0.1, -0.05) is 20.8 Å². The Kier molecular flexibility index (Phi) is 7.36. The smallest absolute Gasteiger partial charge is 0.259 e. The van der Waals surface area contributed by atoms with Gasteiger partial charge in [0.25, 0.3) is 11.8 Å². The fraction of sp³-hybridized carbons (Fsp3) is 0.357. The zero-order valence-corrected chi connectivity index (χ0v) is 22.0. The lowest BCUT2D eigenvalue weighted by molar-refractivity contribution is 0.102. The highest BCUT2D eigenvalue weighted by molar-refractivity contribution is 7.17. The van der Waals surface area contributed by atoms with Crippen molar-refractivity contribution < 1.29 is 23.5 Å². The van der Waals surface area contributed by atoms with Crippen LogP contribution in [-0.4, -0.2) is 26.0 Å². The van der Waals surface area contributed by atoms with Gasteiger partial charge >= 0.3 is 0 Å². The van der Waals surface area contributed by atoms with Gasteiger partial charge in [0.1, 0.15) is 22.3 Å². The number of hydrogen-bond acceptors (Lipinski definition) is 5. The van der Waals surface area contributed by atoms with E-state index in [0.29, 0.717) is 39.2 Å². The number of ether oxygens (including phenoxy) is 2. The molecule has 1 unspecified atom stereocenters. The summed E-state index contributed by atoms with van der Waals surface area (Å²) in [6.07, 6.45) is 2.56. The standard InChI is InChI=1S/C28H31FN2O4S/c1-28(2,3)17-8-12-20-23(14-17)36-27(31-25(32)16-6-9-18(29)10-7-16)24(20)26(33)30-21-13-11-19(34-4)15-22(21)35-5/h6-7,9-11,13,15,17H,8,12,14H2,1-5H3,(H,30,33)(H,31,32). The van der Waals surface area contributed by atoms with E-state index in [0.717, 1.165) is 29.7 Å². The molecular weight excluding hydrogens is 479 g/mol. The van der Waals surface area contributed by atoms with E-state index < -0.39 is 11.7 Å². The number of methoxy groups -OCH3 is 2. The number of nitrogens with one attached hydrogen (secondary N) is 2. The highest BCUT2D eigenvalue weighted by Crippen LogP contribution is 2.45. The molecule has 6 nitrogen and oxygen atoms in total. The van der Waals surface area contributed by atoms with Gasteiger partial charge in [-0.25, -0.2) is 4.39 Å². The predicted octanol–water partition coefficient (Wildman–Crippen LogP) is 6.56. The number of halogens is 1. The summed E-state index contributed by atoms with van der Waals surface area (Å²) < 4.78 is 24.0. The molecular formula is C28H31FN2O4S. The number of anilines is 2. The zero-order chi connectivity index (χ0) is 26.0. The van der Waals surface area contributed by atoms with Gasteiger partial charge in [0.05, 0.1) is 25.5 Å². The van der Waals surface area contributed by atoms with Crippen LogP contribution in [0.25, 0.3) is 0 Å². The minimum Gasteiger partial charge on any atom is -0.497 e. The maximum atomic E-state index is 13.6. The Morgan fingerprint density at radius 3 is 2.36 bits per heavy atom. The maximum absolute atomic E-state index is 13.6. The molecule has 1 aliphatic carbocycles. The molecule has 1 heterocycles. The van der Waals surface area contributed by atoms with Crippen LogP contribution in [0.4, 0.5) is 15.1 Å². The van der Waals surface area contributed by atoms with Crippen molar-refractivity contribution in [3.63, 3.8) is 0 Å². The summed E-state index contributed by atoms with van der Waals surface area (Å²) in [5, 5.41) is 6.36. The first-order valence-electron chi connectivity index (χ1n) is 11.9. The van der Waals surface area contributed by atoms with Crippen LogP contribution in [0.15, 0.2) is 42.5 Å². The normalized spacial score (nSPS) is 15.1. The lowest BCUT2D eigenvalue weighted by Crippen LogP contribution is -2.27. The summed E-state index contributed by atoms with van der Waals surface area (Å²) in [4.78, 5) is 27.7. The van der Waals surface area contributed by atoms with Crippen LogP contribution in [-0.2, 0) is 12.8 Å². The molecule has 8 heteroatoms. The van der Waals surface area contributed by atoms with E-state index in [1.807, 2.05) is 0 Å². The molecule has 2 amide bonds. The Bertz CT molecular complexity index is 1280. The van der Waals surface area contributed by atoms with Crippen molar-refractivity contribution in [1.82, 2.24) is 0 Å². The highest BCUT2D eigenvalue weighted by atomic mass is 32.1. The van der Waals surface area contributed by atoms with Gasteiger partial charge < -0.3 is 20.1 Å². The fourth-order valence-corrected chi connectivity index (χ4v) is 5.84. The average molecular weight is 511 g/mol. The molecule has 0 aliphatic heterocycles. The Labute approximate surface area is 214 Å². The monoisotopic (exact) mass is 510 g/mol. The molecule has 1 aliphatic rings. The molecule has 1 aromatic heterocycles. The summed E-state index contributed by atoms with van der Waals surface area (Å²) >= 11 is 1.44. The van der Waals surface area contributed by atoms with Gasteiger partial charge in [0, 0.05) is 16.5 Å². The van der Waals surface area contributed by atoms with Crippen molar-refractivity contribution in [2.24, 2.45) is 11.3 Å². The van der Waals surface area contributed by atoms with E-state index in [2.05, 4.69) is 31.4 Å². The molecule has 0 saturated carbocycles. The third-order valence-electron chi connectivity index (χ3n) is 6.71. The predicted molar refractivity (Wildman–Crippen MR) is 141 cm³/mol. The topological polar surface area (TPSA) is 76.7 Å². The lowest BCUT2D eigenvalue weighted by Gasteiger charge is -2.33. The van der Waals surface area contributed by atoms with E-state index in [1.165, 1.54) is 42.7 Å². The van der Waals surface area contributed by atoms with Gasteiger partial charge in [0.15, 0.2) is 0 Å². The number of carbonyl (C=O) groups is 2. The molecule has 0 saturated heterocycles. The molecule has 190 valence electrons. The Balaban J connectivity index is 1.69. The quantitative estimate of drug-likeness (QED) is 0.394. The van der Waals surface area contributed by atoms with E-state index in [-0.39, 0.29) is 11.3 Å². The second-order valence-electron chi connectivity index (χ2n) is 10.00. The minimum atomic E-state index is -0.417. The molecule has 2 N–H and O–H groups in total. The van der Waals surface area contributed by atoms with Crippen molar-refractivity contribution in [3.8, 4) is 11.5 Å². The van der Waals surface area contributed by atoms with Gasteiger partial charge in [-0.2, -0.15) is 0 Å². The molecule has 2 aromatic carbocycles. The number of thiophene rings is 1. The van der Waals surface area contributed by atoms with E-state index >= 15 is 0 Å². The number of hydrogen-bond donors (Lipinski definition) is 2. The first-order chi connectivity index (χ1) is 17.1. The summed E-state index contributed by atoms with van der Waals surface area (Å²) in [6, 6.07) is 10.5. The van der Waals surface area contributed by atoms with Gasteiger partial charge in [-0.3, -0.25) is 9.59 Å². The van der Waals surface area contributed by atoms with Crippen molar-refractivity contribution >= 4 is 33.8 Å². The van der Waals surface area contributed by atoms with Gasteiger partial charge in [0.2, 0.25) is 0 Å². The van der Waals surface area contributed by atoms with Crippen molar-refractivity contribution in [2.75, 3.05) is 24.9 Å². The fourth-order valence-electron chi connectivity index (χ4n) is 4.52. The molecule has 0 spiro atoms. The number of rotatable bonds is 6. The van der Waals surface area contributed by atoms with Crippen LogP contribution in [0.3, 0.4) is 0 Å². The molecule has 0 radical (unpaired) electrons. The number of amides is 2. The van der Waals surface area contributed by atoms with Gasteiger partial charge in [-0.05, 0) is 72.6 Å². The second-order valence-corrected chi connectivity index (χ2v) is 11.1. The number of fused-ring (bicyclic) bond motifs is 1. The van der Waals surface area contributed by atoms with E-state index in [9.17, 15) is 14.0 Å². The van der Waals surface area contributed by atoms with Gasteiger partial charge in [-0.15, -0.1) is 11.3 Å². The van der Waals surface area contributed by atoms with Crippen LogP contribution >= 0.6 is 11.3 Å². The van der Waals surface area contributed by atoms with Crippen LogP contribution in [0, 0.1) is 17.2 Å². The maximum Gasteiger partial charge on any atom is 0.259 e. The molecule has 3 aromatic rings. The lowest BCUT2D eigenvalue weighted by atomic mass is 9.72. The minimum absolute atomic E-state index is 0.137. The Morgan fingerprint density at radius 1 is 1.00 bits per heavy atom. The van der Waals surface area contributed by atoms with Crippen molar-refractivity contribution in [1.29, 1.82) is 0 Å².